The Kier molecular flexibility index (Phi) is 15.1. The molecule has 0 aromatic heterocycles. The Bertz CT molecular complexity index is 1600. The predicted octanol–water partition coefficient (Wildman–Crippen LogP) is -2.81. The molecule has 376 valence electrons. The normalized spacial score (nSPS) is 56.1. The summed E-state index contributed by atoms with van der Waals surface area (Å²) in [5, 5.41) is 137. The zero-order valence-electron chi connectivity index (χ0n) is 37.8. The first-order valence-electron chi connectivity index (χ1n) is 24.0. The van der Waals surface area contributed by atoms with Crippen LogP contribution < -0.4 is 0 Å². The third-order valence-corrected chi connectivity index (χ3v) is 18.0. The van der Waals surface area contributed by atoms with E-state index in [-0.39, 0.29) is 65.5 Å². The maximum absolute atomic E-state index is 12.2. The number of rotatable bonds is 13. The number of hydrogen-bond donors (Lipinski definition) is 13. The highest BCUT2D eigenvalue weighted by Crippen LogP contribution is 2.71. The van der Waals surface area contributed by atoms with E-state index < -0.39 is 130 Å². The van der Waals surface area contributed by atoms with Crippen LogP contribution in [0.3, 0.4) is 0 Å². The Morgan fingerprint density at radius 1 is 0.615 bits per heavy atom. The number of aliphatic hydroxyl groups is 13. The van der Waals surface area contributed by atoms with Gasteiger partial charge in [-0.1, -0.05) is 27.7 Å². The fourth-order valence-electron chi connectivity index (χ4n) is 14.2. The van der Waals surface area contributed by atoms with Crippen LogP contribution in [0.2, 0.25) is 0 Å². The fourth-order valence-corrected chi connectivity index (χ4v) is 14.2. The first-order chi connectivity index (χ1) is 30.7. The maximum atomic E-state index is 12.2. The molecular formula is C45H76O20. The van der Waals surface area contributed by atoms with Gasteiger partial charge < -0.3 is 99.5 Å². The van der Waals surface area contributed by atoms with Crippen molar-refractivity contribution in [3.05, 3.63) is 0 Å². The Morgan fingerprint density at radius 3 is 1.82 bits per heavy atom. The summed E-state index contributed by atoms with van der Waals surface area (Å²) in [7, 11) is 0. The molecule has 8 fully saturated rings. The summed E-state index contributed by atoms with van der Waals surface area (Å²) >= 11 is 0. The van der Waals surface area contributed by atoms with E-state index in [1.165, 1.54) is 0 Å². The van der Waals surface area contributed by atoms with Gasteiger partial charge in [0, 0.05) is 18.3 Å². The van der Waals surface area contributed by atoms with Crippen molar-refractivity contribution in [1.82, 2.24) is 0 Å². The summed E-state index contributed by atoms with van der Waals surface area (Å²) in [4.78, 5) is 0. The highest BCUT2D eigenvalue weighted by atomic mass is 16.8. The first-order valence-corrected chi connectivity index (χ1v) is 24.0. The molecule has 0 spiro atoms. The van der Waals surface area contributed by atoms with Crippen molar-refractivity contribution in [1.29, 1.82) is 0 Å². The van der Waals surface area contributed by atoms with E-state index in [1.807, 2.05) is 13.8 Å². The second-order valence-electron chi connectivity index (χ2n) is 21.6. The van der Waals surface area contributed by atoms with Crippen LogP contribution in [-0.2, 0) is 33.2 Å². The van der Waals surface area contributed by atoms with Crippen LogP contribution in [0.5, 0.6) is 0 Å². The van der Waals surface area contributed by atoms with Crippen molar-refractivity contribution in [2.75, 3.05) is 26.4 Å². The lowest BCUT2D eigenvalue weighted by molar-refractivity contribution is -0.373. The molecule has 4 aliphatic carbocycles. The van der Waals surface area contributed by atoms with Crippen molar-refractivity contribution in [3.63, 3.8) is 0 Å². The third kappa shape index (κ3) is 8.78. The van der Waals surface area contributed by atoms with Crippen molar-refractivity contribution in [2.24, 2.45) is 52.3 Å². The molecule has 8 rings (SSSR count). The molecule has 8 aliphatic rings. The van der Waals surface area contributed by atoms with E-state index in [1.54, 1.807) is 0 Å². The van der Waals surface area contributed by atoms with Gasteiger partial charge in [-0.05, 0) is 91.8 Å². The van der Waals surface area contributed by atoms with Gasteiger partial charge in [0.1, 0.15) is 73.2 Å². The van der Waals surface area contributed by atoms with Gasteiger partial charge in [-0.3, -0.25) is 0 Å². The van der Waals surface area contributed by atoms with Gasteiger partial charge in [-0.2, -0.15) is 0 Å². The molecule has 20 nitrogen and oxygen atoms in total. The van der Waals surface area contributed by atoms with Crippen LogP contribution in [0.1, 0.15) is 85.5 Å². The number of fused-ring (bicyclic) bond motifs is 7. The van der Waals surface area contributed by atoms with Crippen molar-refractivity contribution >= 4 is 0 Å². The molecule has 4 heterocycles. The smallest absolute Gasteiger partial charge is 0.187 e. The second kappa shape index (κ2) is 19.4. The molecule has 1 unspecified atom stereocenters. The number of ether oxygens (including phenoxy) is 7. The standard InChI is InChI=1S/C45H76O20/c1-18(17-59-40-36(56)33(53)29(49)24(14-46)61-40)7-12-45(58)19(2)27-38(65-45)32(52)28-22-6-5-20-13-21(8-10-43(20,3)23(22)9-11-44(27,28)4)60-42-39(35(55)31(51)26(16-48)63-42)64-41-37(57)34(54)30(50)25(15-47)62-41/h18-42,46-58H,5-17H2,1-4H3/t18-,19-,20+,21-,22+,23-,24+,25+,26+,27-,28+,29+,30+,31+,32+,33-,34-,35-,36+,37+,38+,39+,40+,41-,42+,43-,44+,45?/m0/s1. The zero-order valence-corrected chi connectivity index (χ0v) is 37.8. The number of aliphatic hydroxyl groups excluding tert-OH is 12. The van der Waals surface area contributed by atoms with E-state index in [0.29, 0.717) is 25.2 Å². The minimum atomic E-state index is -1.77. The van der Waals surface area contributed by atoms with Crippen LogP contribution in [0, 0.1) is 52.3 Å². The summed E-state index contributed by atoms with van der Waals surface area (Å²) in [5.41, 5.74) is -0.356. The van der Waals surface area contributed by atoms with Crippen molar-refractivity contribution in [3.8, 4) is 0 Å². The molecule has 13 N–H and O–H groups in total. The largest absolute Gasteiger partial charge is 0.394 e. The Hall–Kier alpha value is -0.800. The summed E-state index contributed by atoms with van der Waals surface area (Å²) in [6.45, 7) is 6.79. The van der Waals surface area contributed by atoms with Crippen LogP contribution >= 0.6 is 0 Å². The molecule has 28 atom stereocenters. The minimum Gasteiger partial charge on any atom is -0.394 e. The van der Waals surface area contributed by atoms with Crippen LogP contribution in [0.25, 0.3) is 0 Å². The summed E-state index contributed by atoms with van der Waals surface area (Å²) in [6.07, 6.45) is -17.3. The van der Waals surface area contributed by atoms with Crippen LogP contribution in [-0.4, -0.2) is 209 Å². The van der Waals surface area contributed by atoms with Gasteiger partial charge >= 0.3 is 0 Å². The molecule has 4 aliphatic heterocycles. The Labute approximate surface area is 379 Å². The van der Waals surface area contributed by atoms with Crippen molar-refractivity contribution in [2.45, 2.75) is 202 Å². The maximum Gasteiger partial charge on any atom is 0.187 e. The molecule has 20 heteroatoms. The Morgan fingerprint density at radius 2 is 1.18 bits per heavy atom. The predicted molar refractivity (Wildman–Crippen MR) is 220 cm³/mol. The molecule has 0 amide bonds. The minimum absolute atomic E-state index is 0.0276. The first kappa shape index (κ1) is 50.6. The molecule has 0 radical (unpaired) electrons. The lowest BCUT2D eigenvalue weighted by Gasteiger charge is -2.61. The van der Waals surface area contributed by atoms with E-state index in [2.05, 4.69) is 13.8 Å². The molecule has 0 aromatic rings. The zero-order chi connectivity index (χ0) is 47.1. The van der Waals surface area contributed by atoms with Gasteiger partial charge in [0.2, 0.25) is 0 Å². The molecule has 0 aromatic carbocycles. The SMILES string of the molecule is C[C@@H](CCC1(O)O[C@H]2[C@H](O)[C@H]3[C@@H]4CC[C@@H]5C[C@@H](O[C@@H]6O[C@H](CO)[C@@H](O)[C@H](O)[C@H]6O[C@@H]6O[C@H](CO)[C@@H](O)[C@H](O)[C@H]6O)CC[C@]5(C)[C@H]4CC[C@]3(C)[C@H]2[C@@H]1C)CO[C@@H]1O[C@H](CO)[C@@H](O)[C@H](O)[C@H]1O. The van der Waals surface area contributed by atoms with E-state index >= 15 is 0 Å². The van der Waals surface area contributed by atoms with Crippen LogP contribution in [0.15, 0.2) is 0 Å². The van der Waals surface area contributed by atoms with Gasteiger partial charge in [-0.15, -0.1) is 0 Å². The molecule has 0 bridgehead atoms. The van der Waals surface area contributed by atoms with Crippen molar-refractivity contribution < 1.29 is 99.5 Å². The summed E-state index contributed by atoms with van der Waals surface area (Å²) in [6, 6.07) is 0. The quantitative estimate of drug-likeness (QED) is 0.0829. The molecule has 4 saturated carbocycles. The van der Waals surface area contributed by atoms with Gasteiger partial charge in [-0.25, -0.2) is 0 Å². The summed E-state index contributed by atoms with van der Waals surface area (Å²) < 4.78 is 41.7. The number of hydrogen-bond acceptors (Lipinski definition) is 20. The average Bonchev–Trinajstić information content (AvgIpc) is 3.69. The van der Waals surface area contributed by atoms with Crippen LogP contribution in [0.4, 0.5) is 0 Å². The second-order valence-corrected chi connectivity index (χ2v) is 21.6. The van der Waals surface area contributed by atoms with E-state index in [9.17, 15) is 66.4 Å². The molecule has 4 saturated heterocycles. The lowest BCUT2D eigenvalue weighted by Crippen LogP contribution is -2.65. The van der Waals surface area contributed by atoms with E-state index in [0.717, 1.165) is 32.1 Å². The third-order valence-electron chi connectivity index (χ3n) is 18.0. The highest BCUT2D eigenvalue weighted by molar-refractivity contribution is 5.18. The van der Waals surface area contributed by atoms with Gasteiger partial charge in [0.05, 0.1) is 44.7 Å². The molecule has 65 heavy (non-hydrogen) atoms. The Balaban J connectivity index is 0.885. The van der Waals surface area contributed by atoms with E-state index in [4.69, 9.17) is 33.2 Å². The average molecular weight is 937 g/mol. The fraction of sp³-hybridized carbons (Fsp3) is 1.00. The lowest BCUT2D eigenvalue weighted by atomic mass is 9.44. The molecular weight excluding hydrogens is 860 g/mol. The highest BCUT2D eigenvalue weighted by Gasteiger charge is 2.71. The topological polar surface area (TPSA) is 328 Å². The monoisotopic (exact) mass is 936 g/mol. The van der Waals surface area contributed by atoms with Gasteiger partial charge in [0.25, 0.3) is 0 Å². The van der Waals surface area contributed by atoms with Gasteiger partial charge in [0.15, 0.2) is 24.7 Å². The summed E-state index contributed by atoms with van der Waals surface area (Å²) in [5.74, 6) is -1.18.